The van der Waals surface area contributed by atoms with Crippen molar-refractivity contribution >= 4 is 16.8 Å². The van der Waals surface area contributed by atoms with E-state index in [1.54, 1.807) is 0 Å². The molecule has 1 aliphatic heterocycles. The van der Waals surface area contributed by atoms with Gasteiger partial charge in [0.05, 0.1) is 11.1 Å². The predicted molar refractivity (Wildman–Crippen MR) is 72.2 cm³/mol. The quantitative estimate of drug-likeness (QED) is 0.790. The number of carbonyl (C=O) groups is 1. The number of piperidine rings is 1. The Balaban J connectivity index is 1.64. The zero-order valence-electron chi connectivity index (χ0n) is 11.4. The summed E-state index contributed by atoms with van der Waals surface area (Å²) in [6, 6.07) is 3.71. The van der Waals surface area contributed by atoms with Crippen LogP contribution in [0.3, 0.4) is 0 Å². The maximum Gasteiger partial charge on any atom is 0.416 e. The molecule has 0 spiro atoms. The van der Waals surface area contributed by atoms with Crippen LogP contribution in [-0.2, 0) is 6.18 Å². The van der Waals surface area contributed by atoms with Crippen LogP contribution in [0.2, 0.25) is 0 Å². The highest BCUT2D eigenvalue weighted by Crippen LogP contribution is 2.38. The lowest BCUT2D eigenvalue weighted by Crippen LogP contribution is -2.39. The van der Waals surface area contributed by atoms with E-state index in [-0.39, 0.29) is 17.1 Å². The van der Waals surface area contributed by atoms with Crippen molar-refractivity contribution in [3.05, 3.63) is 29.5 Å². The first-order valence-corrected chi connectivity index (χ1v) is 7.03. The van der Waals surface area contributed by atoms with Gasteiger partial charge in [-0.2, -0.15) is 18.3 Å². The van der Waals surface area contributed by atoms with Crippen molar-refractivity contribution in [1.29, 1.82) is 0 Å². The second-order valence-corrected chi connectivity index (χ2v) is 5.82. The molecule has 8 heteroatoms. The number of carbonyl (C=O) groups excluding carboxylic acids is 1. The van der Waals surface area contributed by atoms with Crippen LogP contribution in [0.4, 0.5) is 13.2 Å². The summed E-state index contributed by atoms with van der Waals surface area (Å²) < 4.78 is 38.4. The second kappa shape index (κ2) is 4.45. The topological polar surface area (TPSA) is 69.8 Å². The van der Waals surface area contributed by atoms with Crippen molar-refractivity contribution in [3.8, 4) is 0 Å². The molecule has 3 atom stereocenters. The molecule has 116 valence electrons. The van der Waals surface area contributed by atoms with E-state index in [0.717, 1.165) is 18.6 Å². The lowest BCUT2D eigenvalue weighted by molar-refractivity contribution is -0.137. The Morgan fingerprint density at radius 1 is 1.36 bits per heavy atom. The fourth-order valence-electron chi connectivity index (χ4n) is 3.08. The minimum atomic E-state index is -4.45. The number of aromatic nitrogens is 2. The first-order valence-electron chi connectivity index (χ1n) is 7.03. The molecule has 2 fully saturated rings. The van der Waals surface area contributed by atoms with E-state index < -0.39 is 17.6 Å². The summed E-state index contributed by atoms with van der Waals surface area (Å²) >= 11 is 0. The molecule has 5 nitrogen and oxygen atoms in total. The van der Waals surface area contributed by atoms with E-state index in [1.165, 1.54) is 6.07 Å². The van der Waals surface area contributed by atoms with Gasteiger partial charge in [-0.15, -0.1) is 0 Å². The van der Waals surface area contributed by atoms with Gasteiger partial charge in [-0.3, -0.25) is 9.89 Å². The van der Waals surface area contributed by atoms with Gasteiger partial charge in [0.15, 0.2) is 5.69 Å². The Kier molecular flexibility index (Phi) is 2.75. The Morgan fingerprint density at radius 2 is 2.18 bits per heavy atom. The van der Waals surface area contributed by atoms with Crippen molar-refractivity contribution in [1.82, 2.24) is 20.8 Å². The van der Waals surface area contributed by atoms with E-state index in [4.69, 9.17) is 0 Å². The zero-order valence-corrected chi connectivity index (χ0v) is 11.4. The summed E-state index contributed by atoms with van der Waals surface area (Å²) in [5.74, 6) is -0.00943. The fourth-order valence-corrected chi connectivity index (χ4v) is 3.08. The van der Waals surface area contributed by atoms with E-state index >= 15 is 0 Å². The van der Waals surface area contributed by atoms with Crippen LogP contribution in [0.5, 0.6) is 0 Å². The SMILES string of the molecule is O=C(NC1CNC2CC21)c1n[nH]c2ccc(C(F)(F)F)cc12. The molecule has 1 saturated carbocycles. The molecule has 3 unspecified atom stereocenters. The maximum absolute atomic E-state index is 12.8. The number of hydrogen-bond acceptors (Lipinski definition) is 3. The molecule has 3 N–H and O–H groups in total. The van der Waals surface area contributed by atoms with Crippen molar-refractivity contribution in [2.24, 2.45) is 5.92 Å². The largest absolute Gasteiger partial charge is 0.416 e. The van der Waals surface area contributed by atoms with Gasteiger partial charge in [0.2, 0.25) is 0 Å². The Morgan fingerprint density at radius 3 is 2.82 bits per heavy atom. The molecular weight excluding hydrogens is 297 g/mol. The molecule has 0 radical (unpaired) electrons. The maximum atomic E-state index is 12.8. The number of H-pyrrole nitrogens is 1. The Bertz CT molecular complexity index is 754. The van der Waals surface area contributed by atoms with Gasteiger partial charge in [0.1, 0.15) is 0 Å². The molecule has 4 rings (SSSR count). The monoisotopic (exact) mass is 310 g/mol. The van der Waals surface area contributed by atoms with E-state index in [2.05, 4.69) is 20.8 Å². The highest BCUT2D eigenvalue weighted by Gasteiger charge is 2.48. The number of rotatable bonds is 2. The van der Waals surface area contributed by atoms with Crippen molar-refractivity contribution in [2.75, 3.05) is 6.54 Å². The molecule has 1 amide bonds. The molecule has 1 aromatic carbocycles. The van der Waals surface area contributed by atoms with Crippen LogP contribution in [0.15, 0.2) is 18.2 Å². The smallest absolute Gasteiger partial charge is 0.346 e. The number of halogens is 3. The van der Waals surface area contributed by atoms with Gasteiger partial charge in [0, 0.05) is 24.0 Å². The fraction of sp³-hybridized carbons (Fsp3) is 0.429. The third-order valence-corrected chi connectivity index (χ3v) is 4.38. The molecule has 1 saturated heterocycles. The van der Waals surface area contributed by atoms with Gasteiger partial charge in [-0.1, -0.05) is 0 Å². The third kappa shape index (κ3) is 2.14. The summed E-state index contributed by atoms with van der Waals surface area (Å²) in [6.07, 6.45) is -3.42. The van der Waals surface area contributed by atoms with E-state index in [9.17, 15) is 18.0 Å². The first kappa shape index (κ1) is 13.6. The Labute approximate surface area is 123 Å². The molecule has 1 aromatic heterocycles. The highest BCUT2D eigenvalue weighted by molar-refractivity contribution is 6.05. The molecule has 2 heterocycles. The van der Waals surface area contributed by atoms with Crippen LogP contribution in [0, 0.1) is 5.92 Å². The van der Waals surface area contributed by atoms with Crippen LogP contribution >= 0.6 is 0 Å². The average molecular weight is 310 g/mol. The lowest BCUT2D eigenvalue weighted by atomic mass is 10.1. The molecule has 2 aromatic rings. The lowest BCUT2D eigenvalue weighted by Gasteiger charge is -2.13. The van der Waals surface area contributed by atoms with E-state index in [0.29, 0.717) is 24.0 Å². The molecule has 22 heavy (non-hydrogen) atoms. The van der Waals surface area contributed by atoms with Crippen molar-refractivity contribution < 1.29 is 18.0 Å². The van der Waals surface area contributed by atoms with Gasteiger partial charge in [-0.25, -0.2) is 0 Å². The predicted octanol–water partition coefficient (Wildman–Crippen LogP) is 1.67. The number of nitrogens with one attached hydrogen (secondary N) is 3. The summed E-state index contributed by atoms with van der Waals surface area (Å²) in [5, 5.41) is 12.8. The van der Waals surface area contributed by atoms with Crippen molar-refractivity contribution in [3.63, 3.8) is 0 Å². The average Bonchev–Trinajstić information content (AvgIpc) is 2.95. The molecule has 1 aliphatic carbocycles. The van der Waals surface area contributed by atoms with Crippen molar-refractivity contribution in [2.45, 2.75) is 24.7 Å². The number of alkyl halides is 3. The minimum Gasteiger partial charge on any atom is -0.346 e. The van der Waals surface area contributed by atoms with Gasteiger partial charge >= 0.3 is 6.18 Å². The van der Waals surface area contributed by atoms with Crippen LogP contribution in [0.25, 0.3) is 10.9 Å². The van der Waals surface area contributed by atoms with Crippen LogP contribution in [0.1, 0.15) is 22.5 Å². The number of nitrogens with zero attached hydrogens (tertiary/aromatic N) is 1. The summed E-state index contributed by atoms with van der Waals surface area (Å²) in [5.41, 5.74) is -0.377. The van der Waals surface area contributed by atoms with Gasteiger partial charge < -0.3 is 10.6 Å². The number of benzene rings is 1. The zero-order chi connectivity index (χ0) is 15.5. The number of hydrogen-bond donors (Lipinski definition) is 3. The Hall–Kier alpha value is -2.09. The molecule has 2 aliphatic rings. The molecule has 0 bridgehead atoms. The third-order valence-electron chi connectivity index (χ3n) is 4.38. The summed E-state index contributed by atoms with van der Waals surface area (Å²) in [7, 11) is 0. The summed E-state index contributed by atoms with van der Waals surface area (Å²) in [6.45, 7) is 0.692. The highest BCUT2D eigenvalue weighted by atomic mass is 19.4. The summed E-state index contributed by atoms with van der Waals surface area (Å²) in [4.78, 5) is 12.3. The molecular formula is C14H13F3N4O. The second-order valence-electron chi connectivity index (χ2n) is 5.82. The number of amides is 1. The number of aromatic amines is 1. The van der Waals surface area contributed by atoms with E-state index in [1.807, 2.05) is 0 Å². The van der Waals surface area contributed by atoms with Gasteiger partial charge in [-0.05, 0) is 30.5 Å². The van der Waals surface area contributed by atoms with Crippen LogP contribution in [-0.4, -0.2) is 34.7 Å². The van der Waals surface area contributed by atoms with Gasteiger partial charge in [0.25, 0.3) is 5.91 Å². The standard InChI is InChI=1S/C14H13F3N4O/c15-14(16,17)6-1-2-9-8(3-6)12(21-20-9)13(22)19-11-5-18-10-4-7(10)11/h1-3,7,10-11,18H,4-5H2,(H,19,22)(H,20,21). The first-order chi connectivity index (χ1) is 10.4. The number of fused-ring (bicyclic) bond motifs is 2. The van der Waals surface area contributed by atoms with Crippen LogP contribution < -0.4 is 10.6 Å². The minimum absolute atomic E-state index is 0.00481. The normalized spacial score (nSPS) is 27.0.